The highest BCUT2D eigenvalue weighted by Gasteiger charge is 2.19. The predicted octanol–water partition coefficient (Wildman–Crippen LogP) is 2.71. The van der Waals surface area contributed by atoms with Gasteiger partial charge in [0, 0.05) is 18.0 Å². The molecule has 0 radical (unpaired) electrons. The van der Waals surface area contributed by atoms with E-state index in [4.69, 9.17) is 9.47 Å². The first-order valence-electron chi connectivity index (χ1n) is 7.70. The zero-order valence-corrected chi connectivity index (χ0v) is 13.7. The Morgan fingerprint density at radius 2 is 2.00 bits per heavy atom. The molecule has 1 aromatic heterocycles. The van der Waals surface area contributed by atoms with Crippen LogP contribution < -0.4 is 9.47 Å². The molecular formula is C18H21NO5. The molecule has 0 fully saturated rings. The molecule has 0 saturated carbocycles. The number of nitrogens with zero attached hydrogens (tertiary/aromatic N) is 1. The highest BCUT2D eigenvalue weighted by molar-refractivity contribution is 5.77. The summed E-state index contributed by atoms with van der Waals surface area (Å²) in [7, 11) is 1.58. The van der Waals surface area contributed by atoms with E-state index in [9.17, 15) is 15.0 Å². The second kappa shape index (κ2) is 8.31. The average molecular weight is 331 g/mol. The van der Waals surface area contributed by atoms with Gasteiger partial charge in [-0.05, 0) is 35.7 Å². The molecule has 1 atom stereocenters. The van der Waals surface area contributed by atoms with Crippen molar-refractivity contribution < 1.29 is 24.5 Å². The number of carbonyl (C=O) groups is 1. The van der Waals surface area contributed by atoms with Gasteiger partial charge in [-0.25, -0.2) is 0 Å². The van der Waals surface area contributed by atoms with Gasteiger partial charge in [-0.3, -0.25) is 9.78 Å². The Hall–Kier alpha value is -2.60. The third-order valence-corrected chi connectivity index (χ3v) is 3.60. The lowest BCUT2D eigenvalue weighted by Crippen LogP contribution is -2.15. The topological polar surface area (TPSA) is 88.9 Å². The van der Waals surface area contributed by atoms with Crippen LogP contribution in [0.4, 0.5) is 0 Å². The van der Waals surface area contributed by atoms with Crippen LogP contribution in [-0.4, -0.2) is 41.5 Å². The number of carboxylic acid groups (broad SMARTS) is 1. The Kier molecular flexibility index (Phi) is 6.14. The van der Waals surface area contributed by atoms with Crippen LogP contribution in [0.3, 0.4) is 0 Å². The fraction of sp³-hybridized carbons (Fsp3) is 0.333. The highest BCUT2D eigenvalue weighted by atomic mass is 16.5. The lowest BCUT2D eigenvalue weighted by atomic mass is 9.98. The van der Waals surface area contributed by atoms with Gasteiger partial charge >= 0.3 is 5.97 Å². The lowest BCUT2D eigenvalue weighted by Gasteiger charge is -2.13. The summed E-state index contributed by atoms with van der Waals surface area (Å²) in [6, 6.07) is 7.21. The summed E-state index contributed by atoms with van der Waals surface area (Å²) in [6.07, 6.45) is 3.98. The maximum atomic E-state index is 11.2. The number of ether oxygens (including phenoxy) is 2. The third-order valence-electron chi connectivity index (χ3n) is 3.60. The van der Waals surface area contributed by atoms with E-state index in [0.717, 1.165) is 17.5 Å². The van der Waals surface area contributed by atoms with Crippen molar-refractivity contribution in [3.05, 3.63) is 42.2 Å². The first kappa shape index (κ1) is 17.7. The second-order valence-electron chi connectivity index (χ2n) is 5.29. The summed E-state index contributed by atoms with van der Waals surface area (Å²) in [4.78, 5) is 15.3. The van der Waals surface area contributed by atoms with E-state index < -0.39 is 18.5 Å². The molecular weight excluding hydrogens is 310 g/mol. The van der Waals surface area contributed by atoms with E-state index in [2.05, 4.69) is 4.98 Å². The zero-order valence-electron chi connectivity index (χ0n) is 13.7. The normalized spacial score (nSPS) is 11.8. The van der Waals surface area contributed by atoms with E-state index in [0.29, 0.717) is 23.7 Å². The van der Waals surface area contributed by atoms with Crippen LogP contribution in [0, 0.1) is 0 Å². The maximum Gasteiger partial charge on any atom is 0.313 e. The quantitative estimate of drug-likeness (QED) is 0.773. The minimum absolute atomic E-state index is 0.453. The summed E-state index contributed by atoms with van der Waals surface area (Å²) in [5, 5.41) is 18.4. The number of hydrogen-bond acceptors (Lipinski definition) is 5. The molecule has 0 aliphatic rings. The smallest absolute Gasteiger partial charge is 0.313 e. The minimum Gasteiger partial charge on any atom is -0.493 e. The first-order valence-corrected chi connectivity index (χ1v) is 7.70. The fourth-order valence-corrected chi connectivity index (χ4v) is 2.31. The van der Waals surface area contributed by atoms with Crippen LogP contribution in [0.5, 0.6) is 11.5 Å². The van der Waals surface area contributed by atoms with Gasteiger partial charge in [0.1, 0.15) is 5.92 Å². The minimum atomic E-state index is -1.09. The largest absolute Gasteiger partial charge is 0.493 e. The Morgan fingerprint density at radius 3 is 2.62 bits per heavy atom. The van der Waals surface area contributed by atoms with Crippen molar-refractivity contribution >= 4 is 5.97 Å². The number of aliphatic hydroxyl groups excluding tert-OH is 1. The molecule has 1 heterocycles. The molecule has 0 saturated heterocycles. The van der Waals surface area contributed by atoms with Gasteiger partial charge in [-0.15, -0.1) is 0 Å². The molecule has 6 nitrogen and oxygen atoms in total. The number of aliphatic hydroxyl groups is 1. The Bertz CT molecular complexity index is 702. The molecule has 0 bridgehead atoms. The van der Waals surface area contributed by atoms with E-state index in [1.165, 1.54) is 6.20 Å². The number of aliphatic carboxylic acids is 1. The highest BCUT2D eigenvalue weighted by Crippen LogP contribution is 2.33. The molecule has 0 spiro atoms. The third kappa shape index (κ3) is 4.02. The van der Waals surface area contributed by atoms with Gasteiger partial charge in [-0.2, -0.15) is 0 Å². The number of pyridine rings is 1. The van der Waals surface area contributed by atoms with Gasteiger partial charge < -0.3 is 19.7 Å². The second-order valence-corrected chi connectivity index (χ2v) is 5.29. The van der Waals surface area contributed by atoms with Crippen LogP contribution in [0.2, 0.25) is 0 Å². The van der Waals surface area contributed by atoms with Crippen molar-refractivity contribution in [1.82, 2.24) is 4.98 Å². The number of benzene rings is 1. The van der Waals surface area contributed by atoms with Crippen LogP contribution in [0.15, 0.2) is 36.7 Å². The van der Waals surface area contributed by atoms with E-state index in [1.807, 2.05) is 19.1 Å². The Balaban J connectivity index is 2.39. The Morgan fingerprint density at radius 1 is 1.21 bits per heavy atom. The van der Waals surface area contributed by atoms with Crippen molar-refractivity contribution in [2.75, 3.05) is 20.3 Å². The van der Waals surface area contributed by atoms with E-state index in [1.54, 1.807) is 25.4 Å². The first-order chi connectivity index (χ1) is 11.6. The molecule has 1 aromatic carbocycles. The molecule has 2 rings (SSSR count). The van der Waals surface area contributed by atoms with Gasteiger partial charge in [0.05, 0.1) is 20.3 Å². The zero-order chi connectivity index (χ0) is 17.5. The van der Waals surface area contributed by atoms with Crippen LogP contribution in [0.25, 0.3) is 11.1 Å². The average Bonchev–Trinajstić information content (AvgIpc) is 2.60. The molecule has 24 heavy (non-hydrogen) atoms. The van der Waals surface area contributed by atoms with Crippen molar-refractivity contribution in [2.24, 2.45) is 0 Å². The van der Waals surface area contributed by atoms with Crippen molar-refractivity contribution in [1.29, 1.82) is 0 Å². The summed E-state index contributed by atoms with van der Waals surface area (Å²) >= 11 is 0. The number of hydrogen-bond donors (Lipinski definition) is 2. The van der Waals surface area contributed by atoms with Gasteiger partial charge in [0.25, 0.3) is 0 Å². The van der Waals surface area contributed by atoms with Crippen LogP contribution in [0.1, 0.15) is 24.8 Å². The molecule has 128 valence electrons. The van der Waals surface area contributed by atoms with Gasteiger partial charge in [0.15, 0.2) is 11.5 Å². The molecule has 6 heteroatoms. The summed E-state index contributed by atoms with van der Waals surface area (Å²) in [5.74, 6) is -0.820. The monoisotopic (exact) mass is 331 g/mol. The predicted molar refractivity (Wildman–Crippen MR) is 89.5 cm³/mol. The summed E-state index contributed by atoms with van der Waals surface area (Å²) < 4.78 is 11.0. The number of rotatable bonds is 8. The molecule has 1 unspecified atom stereocenters. The number of carboxylic acids is 1. The van der Waals surface area contributed by atoms with Crippen LogP contribution >= 0.6 is 0 Å². The molecule has 0 aliphatic heterocycles. The van der Waals surface area contributed by atoms with Gasteiger partial charge in [-0.1, -0.05) is 13.0 Å². The standard InChI is InChI=1S/C18H21NO5/c1-3-6-24-17-8-12(4-5-16(17)23-2)13-7-14(10-19-9-13)15(11-20)18(21)22/h4-5,7-10,15,20H,3,6,11H2,1-2H3,(H,21,22). The lowest BCUT2D eigenvalue weighted by molar-refractivity contribution is -0.139. The fourth-order valence-electron chi connectivity index (χ4n) is 2.31. The van der Waals surface area contributed by atoms with Crippen molar-refractivity contribution in [2.45, 2.75) is 19.3 Å². The molecule has 2 N–H and O–H groups in total. The number of aromatic nitrogens is 1. The number of methoxy groups -OCH3 is 1. The van der Waals surface area contributed by atoms with Crippen molar-refractivity contribution in [3.63, 3.8) is 0 Å². The Labute approximate surface area is 140 Å². The van der Waals surface area contributed by atoms with Crippen molar-refractivity contribution in [3.8, 4) is 22.6 Å². The maximum absolute atomic E-state index is 11.2. The molecule has 2 aromatic rings. The van der Waals surface area contributed by atoms with Crippen LogP contribution in [-0.2, 0) is 4.79 Å². The summed E-state index contributed by atoms with van der Waals surface area (Å²) in [6.45, 7) is 2.11. The SMILES string of the molecule is CCCOc1cc(-c2cncc(C(CO)C(=O)O)c2)ccc1OC. The van der Waals surface area contributed by atoms with E-state index >= 15 is 0 Å². The molecule has 0 amide bonds. The van der Waals surface area contributed by atoms with E-state index in [-0.39, 0.29) is 0 Å². The van der Waals surface area contributed by atoms with Gasteiger partial charge in [0.2, 0.25) is 0 Å². The molecule has 0 aliphatic carbocycles. The summed E-state index contributed by atoms with van der Waals surface area (Å²) in [5.41, 5.74) is 2.03.